The first-order valence-electron chi connectivity index (χ1n) is 7.37. The Morgan fingerprint density at radius 2 is 2.19 bits per heavy atom. The van der Waals surface area contributed by atoms with Crippen LogP contribution in [0.1, 0.15) is 36.5 Å². The lowest BCUT2D eigenvalue weighted by atomic mass is 9.90. The van der Waals surface area contributed by atoms with Crippen LogP contribution in [-0.4, -0.2) is 32.3 Å². The van der Waals surface area contributed by atoms with Gasteiger partial charge in [-0.1, -0.05) is 6.92 Å². The van der Waals surface area contributed by atoms with Crippen LogP contribution in [0, 0.1) is 11.7 Å². The van der Waals surface area contributed by atoms with E-state index >= 15 is 0 Å². The average Bonchev–Trinajstić information content (AvgIpc) is 2.53. The van der Waals surface area contributed by atoms with Gasteiger partial charge in [0, 0.05) is 19.3 Å². The molecule has 1 aromatic carbocycles. The van der Waals surface area contributed by atoms with Crippen LogP contribution >= 0.6 is 0 Å². The molecule has 0 unspecified atom stereocenters. The SMILES string of the molecule is CC[C@@H](NC(=O)c1cc(F)ccc1OC)C1CCOCC1. The second kappa shape index (κ2) is 7.41. The van der Waals surface area contributed by atoms with Crippen LogP contribution in [-0.2, 0) is 4.74 Å². The lowest BCUT2D eigenvalue weighted by Crippen LogP contribution is -2.42. The van der Waals surface area contributed by atoms with Gasteiger partial charge in [0.2, 0.25) is 0 Å². The topological polar surface area (TPSA) is 47.6 Å². The molecule has 0 aromatic heterocycles. The molecule has 4 nitrogen and oxygen atoms in total. The summed E-state index contributed by atoms with van der Waals surface area (Å²) in [6.07, 6.45) is 2.73. The third-order valence-corrected chi connectivity index (χ3v) is 4.00. The lowest BCUT2D eigenvalue weighted by Gasteiger charge is -2.30. The third kappa shape index (κ3) is 3.94. The number of benzene rings is 1. The fraction of sp³-hybridized carbons (Fsp3) is 0.562. The average molecular weight is 295 g/mol. The lowest BCUT2D eigenvalue weighted by molar-refractivity contribution is 0.0510. The number of carbonyl (C=O) groups is 1. The number of halogens is 1. The summed E-state index contributed by atoms with van der Waals surface area (Å²) in [5, 5.41) is 3.01. The Morgan fingerprint density at radius 1 is 1.48 bits per heavy atom. The first-order chi connectivity index (χ1) is 10.2. The van der Waals surface area contributed by atoms with Gasteiger partial charge in [0.1, 0.15) is 11.6 Å². The highest BCUT2D eigenvalue weighted by Gasteiger charge is 2.25. The Labute approximate surface area is 124 Å². The van der Waals surface area contributed by atoms with Crippen molar-refractivity contribution in [2.75, 3.05) is 20.3 Å². The molecule has 116 valence electrons. The van der Waals surface area contributed by atoms with Crippen molar-refractivity contribution >= 4 is 5.91 Å². The molecular weight excluding hydrogens is 273 g/mol. The maximum absolute atomic E-state index is 13.4. The molecule has 1 atom stereocenters. The van der Waals surface area contributed by atoms with E-state index in [0.29, 0.717) is 11.7 Å². The quantitative estimate of drug-likeness (QED) is 0.908. The highest BCUT2D eigenvalue weighted by molar-refractivity contribution is 5.97. The van der Waals surface area contributed by atoms with Crippen LogP contribution in [0.5, 0.6) is 5.75 Å². The summed E-state index contributed by atoms with van der Waals surface area (Å²) in [5.74, 6) is 0.0627. The fourth-order valence-corrected chi connectivity index (χ4v) is 2.78. The van der Waals surface area contributed by atoms with Crippen LogP contribution in [0.2, 0.25) is 0 Å². The summed E-state index contributed by atoms with van der Waals surface area (Å²) < 4.78 is 23.9. The molecule has 1 aliphatic rings. The van der Waals surface area contributed by atoms with Gasteiger partial charge in [0.25, 0.3) is 5.91 Å². The zero-order chi connectivity index (χ0) is 15.2. The molecule has 1 heterocycles. The van der Waals surface area contributed by atoms with E-state index in [1.165, 1.54) is 25.3 Å². The number of ether oxygens (including phenoxy) is 2. The number of methoxy groups -OCH3 is 1. The van der Waals surface area contributed by atoms with Gasteiger partial charge >= 0.3 is 0 Å². The number of hydrogen-bond donors (Lipinski definition) is 1. The van der Waals surface area contributed by atoms with E-state index in [0.717, 1.165) is 32.5 Å². The molecule has 2 rings (SSSR count). The van der Waals surface area contributed by atoms with Crippen LogP contribution < -0.4 is 10.1 Å². The zero-order valence-corrected chi connectivity index (χ0v) is 12.5. The second-order valence-electron chi connectivity index (χ2n) is 5.28. The van der Waals surface area contributed by atoms with Gasteiger partial charge in [-0.15, -0.1) is 0 Å². The van der Waals surface area contributed by atoms with E-state index in [9.17, 15) is 9.18 Å². The van der Waals surface area contributed by atoms with Gasteiger partial charge in [-0.25, -0.2) is 4.39 Å². The minimum atomic E-state index is -0.444. The summed E-state index contributed by atoms with van der Waals surface area (Å²) in [5.41, 5.74) is 0.239. The number of nitrogens with one attached hydrogen (secondary N) is 1. The van der Waals surface area contributed by atoms with E-state index in [1.807, 2.05) is 6.92 Å². The van der Waals surface area contributed by atoms with Crippen molar-refractivity contribution in [3.8, 4) is 5.75 Å². The number of rotatable bonds is 5. The molecule has 1 aliphatic heterocycles. The first kappa shape index (κ1) is 15.8. The number of carbonyl (C=O) groups excluding carboxylic acids is 1. The van der Waals surface area contributed by atoms with Crippen LogP contribution in [0.15, 0.2) is 18.2 Å². The van der Waals surface area contributed by atoms with Gasteiger partial charge in [0.15, 0.2) is 0 Å². The minimum absolute atomic E-state index is 0.0781. The van der Waals surface area contributed by atoms with Crippen LogP contribution in [0.3, 0.4) is 0 Å². The normalized spacial score (nSPS) is 17.3. The molecular formula is C16H22FNO3. The van der Waals surface area contributed by atoms with Crippen molar-refractivity contribution in [3.05, 3.63) is 29.6 Å². The molecule has 1 amide bonds. The summed E-state index contributed by atoms with van der Waals surface area (Å²) >= 11 is 0. The highest BCUT2D eigenvalue weighted by atomic mass is 19.1. The van der Waals surface area contributed by atoms with Crippen molar-refractivity contribution in [2.45, 2.75) is 32.2 Å². The maximum atomic E-state index is 13.4. The van der Waals surface area contributed by atoms with Gasteiger partial charge in [0.05, 0.1) is 12.7 Å². The van der Waals surface area contributed by atoms with E-state index in [4.69, 9.17) is 9.47 Å². The summed E-state index contributed by atoms with van der Waals surface area (Å²) in [6, 6.07) is 4.05. The Morgan fingerprint density at radius 3 is 2.81 bits per heavy atom. The van der Waals surface area contributed by atoms with Crippen molar-refractivity contribution in [1.29, 1.82) is 0 Å². The Balaban J connectivity index is 2.10. The molecule has 0 spiro atoms. The zero-order valence-electron chi connectivity index (χ0n) is 12.5. The highest BCUT2D eigenvalue weighted by Crippen LogP contribution is 2.23. The molecule has 1 N–H and O–H groups in total. The van der Waals surface area contributed by atoms with Gasteiger partial charge in [-0.05, 0) is 43.4 Å². The van der Waals surface area contributed by atoms with E-state index in [2.05, 4.69) is 5.32 Å². The number of hydrogen-bond acceptors (Lipinski definition) is 3. The van der Waals surface area contributed by atoms with Gasteiger partial charge in [-0.2, -0.15) is 0 Å². The summed E-state index contributed by atoms with van der Waals surface area (Å²) in [6.45, 7) is 3.52. The molecule has 1 fully saturated rings. The minimum Gasteiger partial charge on any atom is -0.496 e. The number of amides is 1. The Hall–Kier alpha value is -1.62. The fourth-order valence-electron chi connectivity index (χ4n) is 2.78. The third-order valence-electron chi connectivity index (χ3n) is 4.00. The first-order valence-corrected chi connectivity index (χ1v) is 7.37. The van der Waals surface area contributed by atoms with Crippen molar-refractivity contribution in [2.24, 2.45) is 5.92 Å². The molecule has 0 saturated carbocycles. The predicted octanol–water partition coefficient (Wildman–Crippen LogP) is 2.77. The summed E-state index contributed by atoms with van der Waals surface area (Å²) in [7, 11) is 1.47. The van der Waals surface area contributed by atoms with Crippen molar-refractivity contribution in [1.82, 2.24) is 5.32 Å². The Kier molecular flexibility index (Phi) is 5.56. The Bertz CT molecular complexity index is 486. The molecule has 0 radical (unpaired) electrons. The standard InChI is InChI=1S/C16H22FNO3/c1-3-14(11-6-8-21-9-7-11)18-16(19)13-10-12(17)4-5-15(13)20-2/h4-5,10-11,14H,3,6-9H2,1-2H3,(H,18,19)/t14-/m1/s1. The smallest absolute Gasteiger partial charge is 0.255 e. The predicted molar refractivity (Wildman–Crippen MR) is 78.0 cm³/mol. The second-order valence-corrected chi connectivity index (χ2v) is 5.28. The molecule has 0 aliphatic carbocycles. The van der Waals surface area contributed by atoms with Crippen LogP contribution in [0.25, 0.3) is 0 Å². The van der Waals surface area contributed by atoms with Crippen LogP contribution in [0.4, 0.5) is 4.39 Å². The van der Waals surface area contributed by atoms with Crippen molar-refractivity contribution < 1.29 is 18.7 Å². The molecule has 1 saturated heterocycles. The molecule has 0 bridgehead atoms. The van der Waals surface area contributed by atoms with Crippen molar-refractivity contribution in [3.63, 3.8) is 0 Å². The van der Waals surface area contributed by atoms with Gasteiger partial charge < -0.3 is 14.8 Å². The largest absolute Gasteiger partial charge is 0.496 e. The van der Waals surface area contributed by atoms with E-state index < -0.39 is 5.82 Å². The molecule has 1 aromatic rings. The monoisotopic (exact) mass is 295 g/mol. The maximum Gasteiger partial charge on any atom is 0.255 e. The van der Waals surface area contributed by atoms with Gasteiger partial charge in [-0.3, -0.25) is 4.79 Å². The van der Waals surface area contributed by atoms with E-state index in [1.54, 1.807) is 0 Å². The van der Waals surface area contributed by atoms with E-state index in [-0.39, 0.29) is 17.5 Å². The molecule has 21 heavy (non-hydrogen) atoms. The summed E-state index contributed by atoms with van der Waals surface area (Å²) in [4.78, 5) is 12.4. The molecule has 5 heteroatoms.